The zero-order valence-corrected chi connectivity index (χ0v) is 31.9. The van der Waals surface area contributed by atoms with Crippen LogP contribution in [-0.2, 0) is 9.36 Å². The molecule has 0 saturated heterocycles. The van der Waals surface area contributed by atoms with Gasteiger partial charge in [-0.05, 0) is 6.42 Å². The summed E-state index contributed by atoms with van der Waals surface area (Å²) in [5.41, 5.74) is 0. The van der Waals surface area contributed by atoms with Gasteiger partial charge in [0, 0.05) is 6.42 Å². The summed E-state index contributed by atoms with van der Waals surface area (Å²) in [5, 5.41) is 32.5. The average Bonchev–Trinajstić information content (AvgIpc) is 2.95. The van der Waals surface area contributed by atoms with Crippen LogP contribution in [-0.4, -0.2) is 60.4 Å². The number of aliphatic hydroxyl groups is 3. The summed E-state index contributed by atoms with van der Waals surface area (Å²) in [5.74, 6) is -0.653. The fourth-order valence-corrected chi connectivity index (χ4v) is 4.19. The molecule has 0 amide bonds. The van der Waals surface area contributed by atoms with Crippen LogP contribution in [0.2, 0.25) is 0 Å². The molecule has 44 heavy (non-hydrogen) atoms. The largest absolute Gasteiger partial charge is 1.00 e. The maximum Gasteiger partial charge on any atom is 1.00 e. The van der Waals surface area contributed by atoms with E-state index >= 15 is 0 Å². The van der Waals surface area contributed by atoms with Crippen LogP contribution >= 0.6 is 7.82 Å². The molecule has 0 bridgehead atoms. The van der Waals surface area contributed by atoms with Gasteiger partial charge in [0.25, 0.3) is 0 Å². The topological polar surface area (TPSA) is 176 Å². The summed E-state index contributed by atoms with van der Waals surface area (Å²) in [7, 11) is -4.64. The van der Waals surface area contributed by atoms with Crippen LogP contribution in [0.25, 0.3) is 0 Å². The molecular weight excluding hydrogens is 594 g/mol. The molecule has 0 aliphatic carbocycles. The minimum absolute atomic E-state index is 0. The van der Waals surface area contributed by atoms with Crippen LogP contribution < -0.4 is 29.6 Å². The number of rotatable bonds is 27. The molecule has 0 aliphatic heterocycles. The summed E-state index contributed by atoms with van der Waals surface area (Å²) in [6, 6.07) is 0. The molecule has 7 N–H and O–H groups in total. The van der Waals surface area contributed by atoms with Crippen LogP contribution in [0.15, 0.2) is 0 Å². The van der Waals surface area contributed by atoms with Crippen molar-refractivity contribution in [3.63, 3.8) is 0 Å². The van der Waals surface area contributed by atoms with Crippen molar-refractivity contribution in [2.75, 3.05) is 13.2 Å². The monoisotopic (exact) mass is 666 g/mol. The molecule has 0 saturated carbocycles. The fraction of sp³-hybridized carbons (Fsp3) is 0.939. The molecule has 9 nitrogen and oxygen atoms in total. The van der Waals surface area contributed by atoms with Gasteiger partial charge in [0.2, 0.25) is 0 Å². The Morgan fingerprint density at radius 3 is 0.977 bits per heavy atom. The number of unbranched alkanes of at least 4 members (excludes halogenated alkanes) is 23. The summed E-state index contributed by atoms with van der Waals surface area (Å²) in [4.78, 5) is 31.9. The molecule has 0 atom stereocenters. The Bertz CT molecular complexity index is 529. The van der Waals surface area contributed by atoms with Gasteiger partial charge in [-0.2, -0.15) is 6.42 Å². The third-order valence-corrected chi connectivity index (χ3v) is 6.77. The molecule has 264 valence electrons. The molecule has 0 radical (unpaired) electrons. The van der Waals surface area contributed by atoms with Crippen LogP contribution in [0.5, 0.6) is 0 Å². The Kier molecular flexibility index (Phi) is 58.7. The van der Waals surface area contributed by atoms with Crippen molar-refractivity contribution >= 4 is 13.8 Å². The number of phosphoric acid groups is 1. The van der Waals surface area contributed by atoms with Crippen LogP contribution in [0.3, 0.4) is 0 Å². The second kappa shape index (κ2) is 47.9. The first kappa shape index (κ1) is 53.9. The van der Waals surface area contributed by atoms with E-state index in [0.717, 1.165) is 19.3 Å². The van der Waals surface area contributed by atoms with Crippen LogP contribution in [0.4, 0.5) is 0 Å². The molecule has 0 fully saturated rings. The van der Waals surface area contributed by atoms with E-state index in [-0.39, 0.29) is 42.8 Å². The van der Waals surface area contributed by atoms with Gasteiger partial charge in [0.1, 0.15) is 6.10 Å². The van der Waals surface area contributed by atoms with Gasteiger partial charge in [-0.15, -0.1) is 0 Å². The van der Waals surface area contributed by atoms with Crippen molar-refractivity contribution in [1.29, 1.82) is 0 Å². The zero-order valence-electron chi connectivity index (χ0n) is 29.0. The molecule has 0 aliphatic rings. The van der Waals surface area contributed by atoms with E-state index in [1.165, 1.54) is 141 Å². The Morgan fingerprint density at radius 1 is 0.568 bits per heavy atom. The van der Waals surface area contributed by atoms with Gasteiger partial charge < -0.3 is 42.0 Å². The summed E-state index contributed by atoms with van der Waals surface area (Å²) in [6.07, 6.45) is 33.1. The molecule has 0 unspecified atom stereocenters. The predicted molar refractivity (Wildman–Crippen MR) is 179 cm³/mol. The maximum absolute atomic E-state index is 10.3. The number of carboxylic acid groups (broad SMARTS) is 1. The average molecular weight is 667 g/mol. The minimum atomic E-state index is -4.64. The zero-order chi connectivity index (χ0) is 33.5. The number of hydrogen-bond acceptors (Lipinski definition) is 5. The second-order valence-electron chi connectivity index (χ2n) is 11.3. The van der Waals surface area contributed by atoms with Crippen molar-refractivity contribution in [3.05, 3.63) is 6.92 Å². The molecule has 0 aromatic carbocycles. The van der Waals surface area contributed by atoms with Crippen LogP contribution in [0.1, 0.15) is 181 Å². The summed E-state index contributed by atoms with van der Waals surface area (Å²) in [6.45, 7) is 7.66. The molecule has 0 aromatic heterocycles. The van der Waals surface area contributed by atoms with E-state index in [1.54, 1.807) is 0 Å². The Morgan fingerprint density at radius 2 is 0.795 bits per heavy atom. The quantitative estimate of drug-likeness (QED) is 0.0259. The van der Waals surface area contributed by atoms with Gasteiger partial charge >= 0.3 is 43.3 Å². The smallest absolute Gasteiger partial charge is 0.481 e. The molecule has 0 heterocycles. The molecular formula is C33H72NaO9P. The minimum Gasteiger partial charge on any atom is -0.481 e. The van der Waals surface area contributed by atoms with Crippen molar-refractivity contribution in [1.82, 2.24) is 0 Å². The fourth-order valence-electron chi connectivity index (χ4n) is 4.19. The number of carboxylic acids is 1. The third kappa shape index (κ3) is 78.7. The van der Waals surface area contributed by atoms with E-state index < -0.39 is 19.9 Å². The normalized spacial score (nSPS) is 10.5. The van der Waals surface area contributed by atoms with Gasteiger partial charge in [0.15, 0.2) is 0 Å². The number of carbonyl (C=O) groups is 1. The first-order valence-corrected chi connectivity index (χ1v) is 18.8. The second-order valence-corrected chi connectivity index (χ2v) is 12.3. The van der Waals surface area contributed by atoms with Gasteiger partial charge in [-0.3, -0.25) is 4.79 Å². The number of aliphatic carboxylic acids is 1. The first-order chi connectivity index (χ1) is 20.5. The molecule has 0 rings (SSSR count). The number of aliphatic hydroxyl groups excluding tert-OH is 3. The van der Waals surface area contributed by atoms with Crippen LogP contribution in [0, 0.1) is 6.92 Å². The summed E-state index contributed by atoms with van der Waals surface area (Å²) >= 11 is 0. The van der Waals surface area contributed by atoms with E-state index in [9.17, 15) is 4.79 Å². The maximum atomic E-state index is 10.3. The van der Waals surface area contributed by atoms with E-state index in [2.05, 4.69) is 20.8 Å². The standard InChI is InChI=1S/C18H36O2.C12H25.C3H8O3.Na.H3O4P/c1-2-3-4-5-6-7-8-9-10-11-12-13-14-15-16-17-18(19)20;1-3-5-7-9-11-12-10-8-6-4-2;4-1-3(6)2-5;;1-5(2,3)4/h2-17H2,1H3,(H,19,20);1,3-12H2,2H3;3-6H,1-2H2;;(H3,1,2,3,4)/q;-1;;+1;. The first-order valence-electron chi connectivity index (χ1n) is 17.2. The number of hydrogen-bond donors (Lipinski definition) is 7. The van der Waals surface area contributed by atoms with Gasteiger partial charge in [-0.1, -0.05) is 162 Å². The van der Waals surface area contributed by atoms with E-state index in [1.807, 2.05) is 0 Å². The van der Waals surface area contributed by atoms with Crippen molar-refractivity contribution in [2.45, 2.75) is 187 Å². The van der Waals surface area contributed by atoms with Gasteiger partial charge in [0.05, 0.1) is 13.2 Å². The Labute approximate surface area is 293 Å². The van der Waals surface area contributed by atoms with Crippen molar-refractivity contribution in [3.8, 4) is 0 Å². The van der Waals surface area contributed by atoms with E-state index in [0.29, 0.717) is 6.42 Å². The Balaban J connectivity index is -0.000000178. The van der Waals surface area contributed by atoms with Gasteiger partial charge in [-0.25, -0.2) is 4.57 Å². The molecule has 11 heteroatoms. The molecule has 0 spiro atoms. The Hall–Kier alpha value is 0.460. The molecule has 0 aromatic rings. The third-order valence-electron chi connectivity index (χ3n) is 6.77. The summed E-state index contributed by atoms with van der Waals surface area (Å²) < 4.78 is 8.88. The van der Waals surface area contributed by atoms with Crippen molar-refractivity contribution < 1.29 is 74.0 Å². The van der Waals surface area contributed by atoms with E-state index in [4.69, 9.17) is 39.7 Å². The van der Waals surface area contributed by atoms with Crippen molar-refractivity contribution in [2.24, 2.45) is 0 Å². The predicted octanol–water partition coefficient (Wildman–Crippen LogP) is 5.48. The SMILES string of the molecule is CCCCCCCCCCCCCCCCCC(=O)O.O=P(O)(O)O.OCC(O)CO.[CH2-]CCCCCCCCCCC.[Na+].